The van der Waals surface area contributed by atoms with Crippen molar-refractivity contribution >= 4 is 47.8 Å². The van der Waals surface area contributed by atoms with E-state index in [9.17, 15) is 48.6 Å². The fourth-order valence-corrected chi connectivity index (χ4v) is 11.8. The molecule has 0 saturated carbocycles. The zero-order valence-corrected chi connectivity index (χ0v) is 41.5. The molecule has 4 saturated heterocycles. The molecule has 0 radical (unpaired) electrons. The minimum Gasteiger partial charge on any atom is -1.00 e. The normalized spacial score (nSPS) is 26.8. The van der Waals surface area contributed by atoms with Crippen LogP contribution in [0.5, 0.6) is 34.5 Å². The smallest absolute Gasteiger partial charge is 0.310 e. The van der Waals surface area contributed by atoms with Gasteiger partial charge >= 0.3 is 47.8 Å². The zero-order valence-electron chi connectivity index (χ0n) is 38.3. The van der Waals surface area contributed by atoms with Crippen LogP contribution in [0.4, 0.5) is 0 Å². The summed E-state index contributed by atoms with van der Waals surface area (Å²) in [5.74, 6) is -8.20. The van der Waals surface area contributed by atoms with Crippen LogP contribution < -0.4 is 62.4 Å². The van der Waals surface area contributed by atoms with Gasteiger partial charge in [-0.15, -0.1) is 0 Å². The number of halogens is 2. The first-order valence-corrected chi connectivity index (χ1v) is 21.5. The lowest BCUT2D eigenvalue weighted by Crippen LogP contribution is -3.00. The molecule has 2 aromatic rings. The highest BCUT2D eigenvalue weighted by Crippen LogP contribution is 2.59. The Balaban J connectivity index is 0.00000476. The second-order valence-electron chi connectivity index (χ2n) is 18.4. The standard InChI is InChI=1S/C46H56N2O16.2BrH/c1-24(49)59-38-13-30(14-39(60-25(2)50)43(38)63-28(5)53)22-47(7)34-9-10-35(47)18-32(17-34)46(45(57)58,21-42(55)56)33-19-36-11-12-37(20-33)48(36,8)23-31-15-40(61-26(3)51)44(64-29(6)54)41(16-31)62-27(4)52;;/h13-16,32-37H,9-12,17-23H2,1-8H3;2*1H. The second-order valence-corrected chi connectivity index (χ2v) is 18.4. The molecule has 4 fully saturated rings. The predicted octanol–water partition coefficient (Wildman–Crippen LogP) is -0.732. The minimum atomic E-state index is -1.57. The van der Waals surface area contributed by atoms with E-state index in [1.165, 1.54) is 27.7 Å². The molecular weight excluding hydrogens is 996 g/mol. The van der Waals surface area contributed by atoms with Crippen molar-refractivity contribution < 1.29 is 120 Å². The summed E-state index contributed by atoms with van der Waals surface area (Å²) < 4.78 is 33.3. The third-order valence-corrected chi connectivity index (χ3v) is 14.2. The first-order valence-electron chi connectivity index (χ1n) is 21.5. The molecule has 4 aliphatic rings. The molecule has 0 spiro atoms. The van der Waals surface area contributed by atoms with E-state index in [1.807, 2.05) is 0 Å². The lowest BCUT2D eigenvalue weighted by Gasteiger charge is -2.55. The van der Waals surface area contributed by atoms with Crippen molar-refractivity contribution in [1.82, 2.24) is 0 Å². The average molecular weight is 1050 g/mol. The van der Waals surface area contributed by atoms with E-state index < -0.39 is 71.4 Å². The number of piperidine rings is 2. The van der Waals surface area contributed by atoms with Crippen molar-refractivity contribution in [2.75, 3.05) is 14.1 Å². The van der Waals surface area contributed by atoms with E-state index in [1.54, 1.807) is 24.3 Å². The number of carboxylic acids is 2. The Morgan fingerprint density at radius 1 is 0.500 bits per heavy atom. The molecular formula is C46H58Br2N2O16. The van der Waals surface area contributed by atoms with Crippen molar-refractivity contribution in [3.05, 3.63) is 35.4 Å². The highest BCUT2D eigenvalue weighted by Gasteiger charge is 2.64. The lowest BCUT2D eigenvalue weighted by atomic mass is 9.57. The van der Waals surface area contributed by atoms with Gasteiger partial charge in [0.25, 0.3) is 0 Å². The summed E-state index contributed by atoms with van der Waals surface area (Å²) in [4.78, 5) is 99.4. The second kappa shape index (κ2) is 20.9. The number of hydrogen-bond acceptors (Lipinski definition) is 14. The molecule has 20 heteroatoms. The Morgan fingerprint density at radius 3 is 0.970 bits per heavy atom. The van der Waals surface area contributed by atoms with Gasteiger partial charge in [0.05, 0.1) is 50.1 Å². The zero-order chi connectivity index (χ0) is 47.1. The van der Waals surface area contributed by atoms with Gasteiger partial charge in [-0.25, -0.2) is 0 Å². The summed E-state index contributed by atoms with van der Waals surface area (Å²) in [5.41, 5.74) is -0.325. The number of quaternary nitrogens is 2. The number of carboxylic acid groups (broad SMARTS) is 2. The third kappa shape index (κ3) is 11.1. The Morgan fingerprint density at radius 2 is 0.758 bits per heavy atom. The number of rotatable bonds is 15. The molecule has 4 heterocycles. The van der Waals surface area contributed by atoms with Crippen LogP contribution in [0, 0.1) is 17.3 Å². The number of nitrogens with zero attached hydrogens (tertiary/aromatic N) is 2. The number of fused-ring (bicyclic) bond motifs is 4. The average Bonchev–Trinajstić information content (AvgIpc) is 3.38. The topological polar surface area (TPSA) is 232 Å². The van der Waals surface area contributed by atoms with Crippen molar-refractivity contribution in [2.45, 2.75) is 137 Å². The lowest BCUT2D eigenvalue weighted by molar-refractivity contribution is -0.963. The van der Waals surface area contributed by atoms with E-state index in [0.29, 0.717) is 58.9 Å². The Kier molecular flexibility index (Phi) is 17.0. The van der Waals surface area contributed by atoms with Gasteiger partial charge in [-0.1, -0.05) is 0 Å². The summed E-state index contributed by atoms with van der Waals surface area (Å²) >= 11 is 0. The maximum Gasteiger partial charge on any atom is 0.310 e. The summed E-state index contributed by atoms with van der Waals surface area (Å²) in [6.07, 6.45) is 4.36. The Bertz CT molecular complexity index is 2040. The fraction of sp³-hybridized carbons (Fsp3) is 0.565. The first-order chi connectivity index (χ1) is 29.9. The van der Waals surface area contributed by atoms with Crippen LogP contribution in [-0.4, -0.2) is 105 Å². The van der Waals surface area contributed by atoms with E-state index in [-0.39, 0.29) is 92.6 Å². The Labute approximate surface area is 403 Å². The monoisotopic (exact) mass is 1050 g/mol. The van der Waals surface area contributed by atoms with Crippen LogP contribution in [0.15, 0.2) is 24.3 Å². The summed E-state index contributed by atoms with van der Waals surface area (Å²) in [6.45, 7) is 7.82. The number of carbonyl (C=O) groups is 8. The minimum absolute atomic E-state index is 0. The highest BCUT2D eigenvalue weighted by atomic mass is 79.9. The summed E-state index contributed by atoms with van der Waals surface area (Å²) in [6, 6.07) is 6.04. The van der Waals surface area contributed by atoms with Gasteiger partial charge in [-0.2, -0.15) is 0 Å². The molecule has 0 aliphatic carbocycles. The largest absolute Gasteiger partial charge is 1.00 e. The molecule has 362 valence electrons. The predicted molar refractivity (Wildman–Crippen MR) is 222 cm³/mol. The number of esters is 6. The van der Waals surface area contributed by atoms with Crippen molar-refractivity contribution in [3.8, 4) is 34.5 Å². The molecule has 4 atom stereocenters. The number of carbonyl (C=O) groups excluding carboxylic acids is 6. The number of ether oxygens (including phenoxy) is 6. The number of benzene rings is 2. The molecule has 0 aromatic heterocycles. The van der Waals surface area contributed by atoms with E-state index in [4.69, 9.17) is 28.4 Å². The van der Waals surface area contributed by atoms with Crippen LogP contribution in [0.2, 0.25) is 0 Å². The Hall–Kier alpha value is -4.92. The molecule has 4 bridgehead atoms. The van der Waals surface area contributed by atoms with Crippen LogP contribution in [0.25, 0.3) is 0 Å². The molecule has 2 aromatic carbocycles. The van der Waals surface area contributed by atoms with E-state index in [2.05, 4.69) is 14.1 Å². The molecule has 4 aliphatic heterocycles. The van der Waals surface area contributed by atoms with Gasteiger partial charge in [0, 0.05) is 104 Å². The van der Waals surface area contributed by atoms with E-state index in [0.717, 1.165) is 39.5 Å². The van der Waals surface area contributed by atoms with Crippen LogP contribution in [-0.2, 0) is 51.4 Å². The molecule has 2 N–H and O–H groups in total. The molecule has 6 rings (SSSR count). The molecule has 66 heavy (non-hydrogen) atoms. The third-order valence-electron chi connectivity index (χ3n) is 14.2. The summed E-state index contributed by atoms with van der Waals surface area (Å²) in [5, 5.41) is 21.8. The summed E-state index contributed by atoms with van der Waals surface area (Å²) in [7, 11) is 4.16. The fourth-order valence-electron chi connectivity index (χ4n) is 11.8. The maximum atomic E-state index is 13.9. The van der Waals surface area contributed by atoms with Gasteiger partial charge in [0.15, 0.2) is 23.0 Å². The number of aliphatic carboxylic acids is 2. The SMILES string of the molecule is CC(=O)Oc1cc(C[N+]2(C)C3CCC2CC(C(CC(=O)O)(C(=O)O)C2CC4CCC(C2)[N+]4(C)Cc2cc(OC(C)=O)c(OC(C)=O)c(OC(C)=O)c2)C3)cc(OC(C)=O)c1OC(C)=O.[Br-].[Br-]. The molecule has 18 nitrogen and oxygen atoms in total. The van der Waals surface area contributed by atoms with Crippen molar-refractivity contribution in [3.63, 3.8) is 0 Å². The highest BCUT2D eigenvalue weighted by molar-refractivity contribution is 5.83. The van der Waals surface area contributed by atoms with Gasteiger partial charge < -0.3 is 81.6 Å². The quantitative estimate of drug-likeness (QED) is 0.127. The molecule has 0 amide bonds. The maximum absolute atomic E-state index is 13.9. The van der Waals surface area contributed by atoms with Crippen LogP contribution >= 0.6 is 0 Å². The number of hydrogen-bond donors (Lipinski definition) is 2. The van der Waals surface area contributed by atoms with Gasteiger partial charge in [-0.05, 0) is 36.1 Å². The first kappa shape index (κ1) is 53.7. The van der Waals surface area contributed by atoms with Crippen LogP contribution in [0.3, 0.4) is 0 Å². The van der Waals surface area contributed by atoms with Gasteiger partial charge in [0.2, 0.25) is 11.5 Å². The van der Waals surface area contributed by atoms with Crippen molar-refractivity contribution in [2.24, 2.45) is 17.3 Å². The van der Waals surface area contributed by atoms with Gasteiger partial charge in [0.1, 0.15) is 13.1 Å². The van der Waals surface area contributed by atoms with Crippen molar-refractivity contribution in [1.29, 1.82) is 0 Å². The van der Waals surface area contributed by atoms with Gasteiger partial charge in [-0.3, -0.25) is 38.4 Å². The molecule has 4 unspecified atom stereocenters. The van der Waals surface area contributed by atoms with Crippen LogP contribution in [0.1, 0.15) is 110 Å². The van der Waals surface area contributed by atoms with E-state index >= 15 is 0 Å².